The number of carbonyl (C=O) groups excluding carboxylic acids is 4. The second-order valence-corrected chi connectivity index (χ2v) is 10.2. The van der Waals surface area contributed by atoms with Crippen LogP contribution >= 0.6 is 0 Å². The summed E-state index contributed by atoms with van der Waals surface area (Å²) in [6.45, 7) is 16.0. The molecule has 0 aliphatic carbocycles. The van der Waals surface area contributed by atoms with Crippen LogP contribution in [0.4, 0.5) is 0 Å². The predicted molar refractivity (Wildman–Crippen MR) is 182 cm³/mol. The zero-order valence-corrected chi connectivity index (χ0v) is 31.9. The molecule has 0 atom stereocenters. The maximum atomic E-state index is 10.3. The third kappa shape index (κ3) is 65.7. The van der Waals surface area contributed by atoms with Gasteiger partial charge in [0.05, 0.1) is 25.2 Å². The van der Waals surface area contributed by atoms with E-state index in [4.69, 9.17) is 0 Å². The van der Waals surface area contributed by atoms with Gasteiger partial charge >= 0.3 is 35.8 Å². The largest absolute Gasteiger partial charge is 2.00 e. The van der Waals surface area contributed by atoms with E-state index in [0.717, 1.165) is 25.0 Å². The van der Waals surface area contributed by atoms with Crippen LogP contribution < -0.4 is 10.2 Å². The van der Waals surface area contributed by atoms with Crippen molar-refractivity contribution >= 4 is 47.8 Å². The molecule has 9 heteroatoms. The summed E-state index contributed by atoms with van der Waals surface area (Å²) in [5, 5.41) is 19.4. The van der Waals surface area contributed by atoms with E-state index in [2.05, 4.69) is 37.2 Å². The molecular formula is C36H64O8Sn. The molecule has 0 rings (SSSR count). The second kappa shape index (κ2) is 49.0. The van der Waals surface area contributed by atoms with Gasteiger partial charge in [-0.1, -0.05) is 156 Å². The van der Waals surface area contributed by atoms with Gasteiger partial charge in [0, 0.05) is 12.2 Å². The quantitative estimate of drug-likeness (QED) is 0.0456. The number of rotatable bonds is 24. The van der Waals surface area contributed by atoms with Gasteiger partial charge in [-0.2, -0.15) is 0 Å². The Balaban J connectivity index is -0.000000157. The van der Waals surface area contributed by atoms with Gasteiger partial charge in [-0.05, 0) is 26.0 Å². The van der Waals surface area contributed by atoms with Gasteiger partial charge < -0.3 is 29.3 Å². The van der Waals surface area contributed by atoms with E-state index < -0.39 is 23.9 Å². The predicted octanol–water partition coefficient (Wildman–Crippen LogP) is 6.81. The summed E-state index contributed by atoms with van der Waals surface area (Å²) >= 11 is 0. The molecule has 0 aromatic heterocycles. The first-order valence-electron chi connectivity index (χ1n) is 16.9. The van der Waals surface area contributed by atoms with E-state index in [1.54, 1.807) is 13.8 Å². The minimum absolute atomic E-state index is 0. The number of hydrogen-bond acceptors (Lipinski definition) is 8. The van der Waals surface area contributed by atoms with Gasteiger partial charge in [-0.15, -0.1) is 0 Å². The first-order chi connectivity index (χ1) is 21.2. The molecule has 0 saturated carbocycles. The molecule has 8 nitrogen and oxygen atoms in total. The Kier molecular flexibility index (Phi) is 57.4. The molecule has 0 bridgehead atoms. The number of carboxylic acids is 2. The Morgan fingerprint density at radius 2 is 0.711 bits per heavy atom. The van der Waals surface area contributed by atoms with Crippen molar-refractivity contribution < 1.29 is 38.9 Å². The van der Waals surface area contributed by atoms with Crippen LogP contribution in [0.15, 0.2) is 24.3 Å². The van der Waals surface area contributed by atoms with Crippen LogP contribution in [0.25, 0.3) is 0 Å². The summed E-state index contributed by atoms with van der Waals surface area (Å²) in [7, 11) is 0. The molecule has 45 heavy (non-hydrogen) atoms. The molecule has 0 amide bonds. The Hall–Kier alpha value is -1.84. The van der Waals surface area contributed by atoms with Gasteiger partial charge in [0.1, 0.15) is 0 Å². The molecule has 0 fully saturated rings. The van der Waals surface area contributed by atoms with Crippen molar-refractivity contribution in [2.45, 2.75) is 156 Å². The zero-order valence-electron chi connectivity index (χ0n) is 29.0. The number of hydrogen-bond donors (Lipinski definition) is 0. The van der Waals surface area contributed by atoms with Crippen molar-refractivity contribution in [3.8, 4) is 0 Å². The molecule has 0 spiro atoms. The average Bonchev–Trinajstić information content (AvgIpc) is 2.99. The van der Waals surface area contributed by atoms with Crippen molar-refractivity contribution in [1.29, 1.82) is 0 Å². The fourth-order valence-electron chi connectivity index (χ4n) is 3.63. The standard InChI is InChI=1S/2C12H25.2C6H8O4.Sn/c2*1-3-5-7-9-11-12-10-8-6-4-2;2*1-2-10-6(9)4-3-5(7)8;/h2*1,3-12H2,2H3;2*3-4H,2H2,1H3,(H,7,8);/q;;;;+2/p-2/b;;2*4-3+;. The monoisotopic (exact) mass is 744 g/mol. The topological polar surface area (TPSA) is 133 Å². The van der Waals surface area contributed by atoms with Crippen LogP contribution in [0.1, 0.15) is 156 Å². The van der Waals surface area contributed by atoms with Crippen LogP contribution in [0.2, 0.25) is 0 Å². The molecule has 0 unspecified atom stereocenters. The number of carboxylic acid groups (broad SMARTS) is 2. The Morgan fingerprint density at radius 1 is 0.467 bits per heavy atom. The van der Waals surface area contributed by atoms with Crippen LogP contribution in [0.3, 0.4) is 0 Å². The maximum absolute atomic E-state index is 10.3. The summed E-state index contributed by atoms with van der Waals surface area (Å²) in [4.78, 5) is 40.1. The normalized spacial score (nSPS) is 9.91. The van der Waals surface area contributed by atoms with E-state index in [0.29, 0.717) is 12.2 Å². The van der Waals surface area contributed by atoms with E-state index in [9.17, 15) is 29.4 Å². The van der Waals surface area contributed by atoms with E-state index >= 15 is 0 Å². The molecule has 0 saturated heterocycles. The van der Waals surface area contributed by atoms with Gasteiger partial charge in [-0.3, -0.25) is 0 Å². The number of aliphatic carboxylic acids is 2. The van der Waals surface area contributed by atoms with Gasteiger partial charge in [-0.25, -0.2) is 9.59 Å². The van der Waals surface area contributed by atoms with Crippen molar-refractivity contribution in [1.82, 2.24) is 0 Å². The summed E-state index contributed by atoms with van der Waals surface area (Å²) in [5.41, 5.74) is 0. The fraction of sp³-hybridized carbons (Fsp3) is 0.722. The van der Waals surface area contributed by atoms with E-state index in [1.165, 1.54) is 116 Å². The Morgan fingerprint density at radius 3 is 0.911 bits per heavy atom. The van der Waals surface area contributed by atoms with Crippen LogP contribution in [0.5, 0.6) is 0 Å². The van der Waals surface area contributed by atoms with Gasteiger partial charge in [0.2, 0.25) is 0 Å². The Labute approximate surface area is 293 Å². The summed E-state index contributed by atoms with van der Waals surface area (Å²) in [6, 6.07) is 0. The van der Waals surface area contributed by atoms with Gasteiger partial charge in [0.25, 0.3) is 0 Å². The molecule has 0 aromatic carbocycles. The molecule has 0 aliphatic heterocycles. The average molecular weight is 744 g/mol. The summed E-state index contributed by atoms with van der Waals surface area (Å²) < 4.78 is 8.75. The number of carbonyl (C=O) groups is 4. The van der Waals surface area contributed by atoms with Crippen molar-refractivity contribution in [2.24, 2.45) is 0 Å². The first-order valence-corrected chi connectivity index (χ1v) is 16.9. The molecule has 0 aliphatic rings. The number of esters is 2. The molecule has 0 heterocycles. The number of ether oxygens (including phenoxy) is 2. The van der Waals surface area contributed by atoms with Crippen LogP contribution in [-0.4, -0.2) is 61.0 Å². The summed E-state index contributed by atoms with van der Waals surface area (Å²) in [6.07, 6.45) is 30.6. The van der Waals surface area contributed by atoms with E-state index in [-0.39, 0.29) is 37.1 Å². The molecule has 0 N–H and O–H groups in total. The smallest absolute Gasteiger partial charge is 0.545 e. The third-order valence-corrected chi connectivity index (χ3v) is 5.99. The third-order valence-electron chi connectivity index (χ3n) is 5.99. The number of unbranched alkanes of at least 4 members (excludes halogenated alkanes) is 18. The van der Waals surface area contributed by atoms with Crippen molar-refractivity contribution in [2.75, 3.05) is 13.2 Å². The Bertz CT molecular complexity index is 615. The molecule has 0 aromatic rings. The summed E-state index contributed by atoms with van der Waals surface area (Å²) in [5.74, 6) is -4.17. The zero-order chi connectivity index (χ0) is 34.1. The molecular weight excluding hydrogens is 679 g/mol. The maximum Gasteiger partial charge on any atom is 2.00 e. The minimum atomic E-state index is -1.41. The minimum Gasteiger partial charge on any atom is -0.545 e. The van der Waals surface area contributed by atoms with Crippen LogP contribution in [0, 0.1) is 13.8 Å². The van der Waals surface area contributed by atoms with Crippen LogP contribution in [-0.2, 0) is 28.7 Å². The van der Waals surface area contributed by atoms with Crippen molar-refractivity contribution in [3.63, 3.8) is 0 Å². The fourth-order valence-corrected chi connectivity index (χ4v) is 3.63. The van der Waals surface area contributed by atoms with E-state index in [1.807, 2.05) is 0 Å². The molecule has 4 radical (unpaired) electrons. The second-order valence-electron chi connectivity index (χ2n) is 10.2. The van der Waals surface area contributed by atoms with Gasteiger partial charge in [0.15, 0.2) is 0 Å². The molecule has 260 valence electrons. The van der Waals surface area contributed by atoms with Crippen molar-refractivity contribution in [3.05, 3.63) is 38.2 Å². The first kappa shape index (κ1) is 52.7. The SMILES string of the molecule is CCOC(=O)/C=C/C(=O)[O-].CCOC(=O)/C=C/C(=O)[O-].[CH2]CCCCCCCCCCC.[CH2]CCCCCCCCCCC.[Sn+2].